The lowest BCUT2D eigenvalue weighted by Crippen LogP contribution is -2.25. The maximum absolute atomic E-state index is 12.8. The van der Waals surface area contributed by atoms with Crippen LogP contribution >= 0.6 is 7.82 Å². The molecule has 9 heteroatoms. The quantitative estimate of drug-likeness (QED) is 0.797. The third-order valence-electron chi connectivity index (χ3n) is 2.05. The summed E-state index contributed by atoms with van der Waals surface area (Å²) in [4.78, 5) is 11.0. The normalized spacial score (nSPS) is 13.4. The molecule has 0 aliphatic heterocycles. The van der Waals surface area contributed by atoms with Gasteiger partial charge >= 0.3 is 13.8 Å². The van der Waals surface area contributed by atoms with Crippen molar-refractivity contribution in [3.63, 3.8) is 0 Å². The molecule has 0 bridgehead atoms. The van der Waals surface area contributed by atoms with Gasteiger partial charge in [-0.3, -0.25) is 13.6 Å². The largest absolute Gasteiger partial charge is 0.477 e. The summed E-state index contributed by atoms with van der Waals surface area (Å²) in [5.74, 6) is -1.16. The molecule has 1 aromatic rings. The topological polar surface area (TPSA) is 99.9 Å². The average Bonchev–Trinajstić information content (AvgIpc) is 2.68. The Morgan fingerprint density at radius 2 is 1.73 bits per heavy atom. The van der Waals surface area contributed by atoms with E-state index in [1.54, 1.807) is 41.5 Å². The first kappa shape index (κ1) is 18.8. The Labute approximate surface area is 130 Å². The van der Waals surface area contributed by atoms with E-state index in [4.69, 9.17) is 18.7 Å². The second-order valence-electron chi connectivity index (χ2n) is 6.63. The van der Waals surface area contributed by atoms with Gasteiger partial charge < -0.3 is 5.11 Å². The molecule has 1 aromatic heterocycles. The fourth-order valence-electron chi connectivity index (χ4n) is 1.48. The summed E-state index contributed by atoms with van der Waals surface area (Å²) < 4.78 is 29.9. The van der Waals surface area contributed by atoms with Crippen LogP contribution in [0.1, 0.15) is 52.0 Å². The second kappa shape index (κ2) is 6.50. The van der Waals surface area contributed by atoms with E-state index in [1.165, 1.54) is 12.3 Å². The second-order valence-corrected chi connectivity index (χ2v) is 8.15. The average molecular weight is 334 g/mol. The Balaban J connectivity index is 2.92. The van der Waals surface area contributed by atoms with Gasteiger partial charge in [0.15, 0.2) is 6.73 Å². The highest BCUT2D eigenvalue weighted by atomic mass is 31.2. The molecule has 0 saturated heterocycles. The number of phosphoric ester groups is 1. The first-order valence-corrected chi connectivity index (χ1v) is 8.19. The zero-order valence-electron chi connectivity index (χ0n) is 13.7. The molecule has 0 fully saturated rings. The first-order chi connectivity index (χ1) is 9.81. The first-order valence-electron chi connectivity index (χ1n) is 6.72. The summed E-state index contributed by atoms with van der Waals surface area (Å²) in [6.45, 7) is 9.92. The molecule has 0 saturated carbocycles. The van der Waals surface area contributed by atoms with Crippen molar-refractivity contribution in [2.45, 2.75) is 59.5 Å². The predicted octanol–water partition coefficient (Wildman–Crippen LogP) is 3.29. The van der Waals surface area contributed by atoms with Crippen molar-refractivity contribution in [1.82, 2.24) is 9.78 Å². The zero-order chi connectivity index (χ0) is 17.2. The van der Waals surface area contributed by atoms with Crippen LogP contribution in [0, 0.1) is 0 Å². The minimum atomic E-state index is -3.91. The van der Waals surface area contributed by atoms with Crippen molar-refractivity contribution in [3.05, 3.63) is 18.0 Å². The SMILES string of the molecule is CC(C)(C)OP(=O)(OCn1nccc1C(=O)O)OC(C)(C)C. The van der Waals surface area contributed by atoms with E-state index in [1.807, 2.05) is 0 Å². The molecule has 0 amide bonds. The summed E-state index contributed by atoms with van der Waals surface area (Å²) in [7, 11) is -3.91. The van der Waals surface area contributed by atoms with Crippen LogP contribution in [0.3, 0.4) is 0 Å². The smallest absolute Gasteiger partial charge is 0.477 e. The van der Waals surface area contributed by atoms with Gasteiger partial charge in [0.2, 0.25) is 0 Å². The van der Waals surface area contributed by atoms with Crippen molar-refractivity contribution >= 4 is 13.8 Å². The predicted molar refractivity (Wildman–Crippen MR) is 79.6 cm³/mol. The third-order valence-corrected chi connectivity index (χ3v) is 4.02. The van der Waals surface area contributed by atoms with Crippen LogP contribution in [0.5, 0.6) is 0 Å². The van der Waals surface area contributed by atoms with Gasteiger partial charge in [-0.1, -0.05) is 0 Å². The van der Waals surface area contributed by atoms with Crippen LogP contribution in [-0.4, -0.2) is 32.1 Å². The number of hydrogen-bond donors (Lipinski definition) is 1. The van der Waals surface area contributed by atoms with Crippen molar-refractivity contribution < 1.29 is 28.0 Å². The van der Waals surface area contributed by atoms with Crippen LogP contribution in [0.25, 0.3) is 0 Å². The van der Waals surface area contributed by atoms with Crippen molar-refractivity contribution in [3.8, 4) is 0 Å². The molecule has 0 unspecified atom stereocenters. The molecular formula is C13H23N2O6P. The Kier molecular flexibility index (Phi) is 5.56. The number of aromatic carboxylic acids is 1. The fourth-order valence-corrected chi connectivity index (χ4v) is 3.22. The fraction of sp³-hybridized carbons (Fsp3) is 0.692. The summed E-state index contributed by atoms with van der Waals surface area (Å²) >= 11 is 0. The molecule has 0 atom stereocenters. The highest BCUT2D eigenvalue weighted by Gasteiger charge is 2.37. The molecule has 22 heavy (non-hydrogen) atoms. The Bertz CT molecular complexity index is 550. The number of hydrogen-bond acceptors (Lipinski definition) is 6. The number of carbonyl (C=O) groups is 1. The van der Waals surface area contributed by atoms with E-state index in [0.29, 0.717) is 0 Å². The number of aromatic nitrogens is 2. The number of phosphoric acid groups is 1. The number of rotatable bonds is 6. The van der Waals surface area contributed by atoms with Crippen molar-refractivity contribution in [2.75, 3.05) is 0 Å². The maximum atomic E-state index is 12.8. The van der Waals surface area contributed by atoms with Gasteiger partial charge in [-0.15, -0.1) is 0 Å². The monoisotopic (exact) mass is 334 g/mol. The number of carboxylic acid groups (broad SMARTS) is 1. The molecule has 0 aromatic carbocycles. The molecule has 0 aliphatic carbocycles. The molecule has 0 aliphatic rings. The van der Waals surface area contributed by atoms with E-state index >= 15 is 0 Å². The van der Waals surface area contributed by atoms with E-state index in [-0.39, 0.29) is 12.4 Å². The van der Waals surface area contributed by atoms with Gasteiger partial charge in [-0.2, -0.15) is 5.10 Å². The van der Waals surface area contributed by atoms with E-state index in [9.17, 15) is 9.36 Å². The van der Waals surface area contributed by atoms with Crippen molar-refractivity contribution in [1.29, 1.82) is 0 Å². The van der Waals surface area contributed by atoms with E-state index in [2.05, 4.69) is 5.10 Å². The number of nitrogens with zero attached hydrogens (tertiary/aromatic N) is 2. The molecule has 1 N–H and O–H groups in total. The lowest BCUT2D eigenvalue weighted by molar-refractivity contribution is -0.00824. The van der Waals surface area contributed by atoms with Crippen LogP contribution in [0.2, 0.25) is 0 Å². The van der Waals surface area contributed by atoms with E-state index in [0.717, 1.165) is 4.68 Å². The summed E-state index contributed by atoms with van der Waals surface area (Å²) in [6, 6.07) is 1.31. The van der Waals surface area contributed by atoms with Gasteiger partial charge in [-0.25, -0.2) is 14.0 Å². The standard InChI is InChI=1S/C13H23N2O6P/c1-12(2,3)20-22(18,21-13(4,5)6)19-9-15-10(11(16)17)7-8-14-15/h7-8H,9H2,1-6H3,(H,16,17). The molecule has 0 spiro atoms. The minimum Gasteiger partial charge on any atom is -0.477 e. The Hall–Kier alpha value is -1.21. The lowest BCUT2D eigenvalue weighted by atomic mass is 10.2. The van der Waals surface area contributed by atoms with Crippen molar-refractivity contribution in [2.24, 2.45) is 0 Å². The lowest BCUT2D eigenvalue weighted by Gasteiger charge is -2.30. The summed E-state index contributed by atoms with van der Waals surface area (Å²) in [5, 5.41) is 12.8. The molecule has 0 radical (unpaired) electrons. The molecular weight excluding hydrogens is 311 g/mol. The zero-order valence-corrected chi connectivity index (χ0v) is 14.6. The summed E-state index contributed by atoms with van der Waals surface area (Å²) in [6.07, 6.45) is 1.31. The van der Waals surface area contributed by atoms with Gasteiger partial charge in [-0.05, 0) is 47.6 Å². The van der Waals surface area contributed by atoms with E-state index < -0.39 is 25.0 Å². The van der Waals surface area contributed by atoms with Gasteiger partial charge in [0.25, 0.3) is 0 Å². The van der Waals surface area contributed by atoms with Crippen LogP contribution in [0.15, 0.2) is 12.3 Å². The van der Waals surface area contributed by atoms with Crippen LogP contribution < -0.4 is 0 Å². The highest BCUT2D eigenvalue weighted by molar-refractivity contribution is 7.48. The van der Waals surface area contributed by atoms with Gasteiger partial charge in [0.05, 0.1) is 11.2 Å². The highest BCUT2D eigenvalue weighted by Crippen LogP contribution is 2.55. The third kappa shape index (κ3) is 6.27. The maximum Gasteiger partial charge on any atom is 0.477 e. The molecule has 1 heterocycles. The van der Waals surface area contributed by atoms with Gasteiger partial charge in [0.1, 0.15) is 5.69 Å². The van der Waals surface area contributed by atoms with Crippen LogP contribution in [-0.2, 0) is 24.9 Å². The molecule has 1 rings (SSSR count). The molecule has 8 nitrogen and oxygen atoms in total. The number of carboxylic acids is 1. The molecule has 126 valence electrons. The minimum absolute atomic E-state index is 0.0851. The Morgan fingerprint density at radius 3 is 2.14 bits per heavy atom. The van der Waals surface area contributed by atoms with Crippen LogP contribution in [0.4, 0.5) is 0 Å². The Morgan fingerprint density at radius 1 is 1.23 bits per heavy atom. The van der Waals surface area contributed by atoms with Gasteiger partial charge in [0, 0.05) is 6.20 Å². The summed E-state index contributed by atoms with van der Waals surface area (Å²) in [5.41, 5.74) is -1.61.